The van der Waals surface area contributed by atoms with E-state index < -0.39 is 6.10 Å². The molecule has 2 rings (SSSR count). The van der Waals surface area contributed by atoms with Gasteiger partial charge in [0.2, 0.25) is 5.91 Å². The molecule has 0 aliphatic heterocycles. The minimum absolute atomic E-state index is 0.0728. The molecule has 1 heterocycles. The van der Waals surface area contributed by atoms with E-state index in [1.165, 1.54) is 11.3 Å². The van der Waals surface area contributed by atoms with E-state index >= 15 is 0 Å². The number of amides is 1. The van der Waals surface area contributed by atoms with E-state index in [1.54, 1.807) is 0 Å². The summed E-state index contributed by atoms with van der Waals surface area (Å²) >= 11 is 7.11. The van der Waals surface area contributed by atoms with Crippen LogP contribution < -0.4 is 5.32 Å². The van der Waals surface area contributed by atoms with E-state index in [0.717, 1.165) is 36.4 Å². The number of aromatic nitrogens is 1. The molecule has 0 spiro atoms. The van der Waals surface area contributed by atoms with Crippen molar-refractivity contribution in [2.45, 2.75) is 50.1 Å². The van der Waals surface area contributed by atoms with Crippen LogP contribution in [0.1, 0.15) is 36.4 Å². The lowest BCUT2D eigenvalue weighted by Crippen LogP contribution is -2.45. The molecule has 0 saturated heterocycles. The molecular formula is C12H17ClN2O2S. The highest BCUT2D eigenvalue weighted by Gasteiger charge is 2.24. The van der Waals surface area contributed by atoms with Gasteiger partial charge in [0.25, 0.3) is 0 Å². The Hall–Kier alpha value is -0.650. The first-order valence-corrected chi connectivity index (χ1v) is 7.57. The predicted octanol–water partition coefficient (Wildman–Crippen LogP) is 1.84. The van der Waals surface area contributed by atoms with Gasteiger partial charge in [0.1, 0.15) is 5.01 Å². The molecule has 0 aromatic carbocycles. The number of carbonyl (C=O) groups is 1. The number of halogens is 1. The summed E-state index contributed by atoms with van der Waals surface area (Å²) in [5.74, 6) is 0.302. The van der Waals surface area contributed by atoms with Gasteiger partial charge >= 0.3 is 0 Å². The first kappa shape index (κ1) is 13.8. The molecule has 0 radical (unpaired) electrons. The van der Waals surface area contributed by atoms with Crippen LogP contribution in [0.15, 0.2) is 5.38 Å². The van der Waals surface area contributed by atoms with Gasteiger partial charge in [-0.05, 0) is 12.8 Å². The Balaban J connectivity index is 1.84. The Kier molecular flexibility index (Phi) is 4.97. The smallest absolute Gasteiger partial charge is 0.227 e. The third-order valence-corrected chi connectivity index (χ3v) is 4.30. The number of hydrogen-bond donors (Lipinski definition) is 2. The van der Waals surface area contributed by atoms with Gasteiger partial charge < -0.3 is 10.4 Å². The quantitative estimate of drug-likeness (QED) is 0.831. The molecule has 1 fully saturated rings. The Morgan fingerprint density at radius 1 is 1.56 bits per heavy atom. The maximum atomic E-state index is 11.8. The molecule has 2 unspecified atom stereocenters. The number of hydrogen-bond acceptors (Lipinski definition) is 4. The third kappa shape index (κ3) is 3.67. The Morgan fingerprint density at radius 2 is 2.33 bits per heavy atom. The van der Waals surface area contributed by atoms with Crippen LogP contribution in [-0.4, -0.2) is 28.1 Å². The number of nitrogens with zero attached hydrogens (tertiary/aromatic N) is 1. The summed E-state index contributed by atoms with van der Waals surface area (Å²) in [5.41, 5.74) is 0.808. The van der Waals surface area contributed by atoms with Gasteiger partial charge in [0.05, 0.1) is 30.1 Å². The molecule has 4 nitrogen and oxygen atoms in total. The molecular weight excluding hydrogens is 272 g/mol. The van der Waals surface area contributed by atoms with Crippen molar-refractivity contribution in [2.75, 3.05) is 0 Å². The summed E-state index contributed by atoms with van der Waals surface area (Å²) in [5, 5.41) is 15.3. The van der Waals surface area contributed by atoms with Crippen LogP contribution in [0.25, 0.3) is 0 Å². The average Bonchev–Trinajstić information content (AvgIpc) is 2.80. The molecule has 1 amide bonds. The zero-order chi connectivity index (χ0) is 13.0. The maximum Gasteiger partial charge on any atom is 0.227 e. The summed E-state index contributed by atoms with van der Waals surface area (Å²) in [6, 6.07) is -0.0984. The highest BCUT2D eigenvalue weighted by atomic mass is 35.5. The molecule has 0 bridgehead atoms. The van der Waals surface area contributed by atoms with E-state index in [9.17, 15) is 9.90 Å². The number of alkyl halides is 1. The second-order valence-electron chi connectivity index (χ2n) is 4.57. The molecule has 1 saturated carbocycles. The number of aliphatic hydroxyl groups is 1. The van der Waals surface area contributed by atoms with E-state index in [4.69, 9.17) is 11.6 Å². The topological polar surface area (TPSA) is 62.2 Å². The number of thiazole rings is 1. The minimum atomic E-state index is -0.405. The van der Waals surface area contributed by atoms with Crippen LogP contribution in [0.2, 0.25) is 0 Å². The molecule has 1 aliphatic rings. The Labute approximate surface area is 115 Å². The summed E-state index contributed by atoms with van der Waals surface area (Å²) in [6.07, 6.45) is 3.60. The first-order chi connectivity index (χ1) is 8.69. The fourth-order valence-electron chi connectivity index (χ4n) is 2.17. The van der Waals surface area contributed by atoms with Crippen molar-refractivity contribution in [1.29, 1.82) is 0 Å². The monoisotopic (exact) mass is 288 g/mol. The van der Waals surface area contributed by atoms with Gasteiger partial charge in [-0.3, -0.25) is 4.79 Å². The summed E-state index contributed by atoms with van der Waals surface area (Å²) in [6.45, 7) is 0. The molecule has 1 aromatic heterocycles. The van der Waals surface area contributed by atoms with Gasteiger partial charge in [-0.1, -0.05) is 12.8 Å². The van der Waals surface area contributed by atoms with Gasteiger partial charge in [0, 0.05) is 5.38 Å². The summed E-state index contributed by atoms with van der Waals surface area (Å²) in [7, 11) is 0. The number of carbonyl (C=O) groups excluding carboxylic acids is 1. The van der Waals surface area contributed by atoms with Gasteiger partial charge in [0.15, 0.2) is 0 Å². The van der Waals surface area contributed by atoms with Crippen LogP contribution in [0.3, 0.4) is 0 Å². The lowest BCUT2D eigenvalue weighted by atomic mass is 9.92. The van der Waals surface area contributed by atoms with Crippen LogP contribution >= 0.6 is 22.9 Å². The minimum Gasteiger partial charge on any atom is -0.391 e. The fraction of sp³-hybridized carbons (Fsp3) is 0.667. The maximum absolute atomic E-state index is 11.8. The summed E-state index contributed by atoms with van der Waals surface area (Å²) < 4.78 is 0. The lowest BCUT2D eigenvalue weighted by Gasteiger charge is -2.28. The lowest BCUT2D eigenvalue weighted by molar-refractivity contribution is -0.122. The van der Waals surface area contributed by atoms with Crippen LogP contribution in [-0.2, 0) is 17.1 Å². The number of aliphatic hydroxyl groups excluding tert-OH is 1. The first-order valence-electron chi connectivity index (χ1n) is 6.15. The fourth-order valence-corrected chi connectivity index (χ4v) is 3.19. The van der Waals surface area contributed by atoms with Crippen molar-refractivity contribution in [3.63, 3.8) is 0 Å². The average molecular weight is 289 g/mol. The van der Waals surface area contributed by atoms with Crippen LogP contribution in [0, 0.1) is 0 Å². The van der Waals surface area contributed by atoms with Crippen LogP contribution in [0.5, 0.6) is 0 Å². The molecule has 2 N–H and O–H groups in total. The molecule has 100 valence electrons. The molecule has 6 heteroatoms. The normalized spacial score (nSPS) is 23.9. The van der Waals surface area contributed by atoms with Gasteiger partial charge in [-0.15, -0.1) is 22.9 Å². The molecule has 1 aromatic rings. The molecule has 2 atom stereocenters. The van der Waals surface area contributed by atoms with Crippen molar-refractivity contribution < 1.29 is 9.90 Å². The number of rotatable bonds is 4. The predicted molar refractivity (Wildman–Crippen MR) is 71.8 cm³/mol. The zero-order valence-corrected chi connectivity index (χ0v) is 11.6. The highest BCUT2D eigenvalue weighted by Crippen LogP contribution is 2.18. The van der Waals surface area contributed by atoms with Crippen molar-refractivity contribution in [3.05, 3.63) is 16.1 Å². The number of nitrogens with one attached hydrogen (secondary N) is 1. The van der Waals surface area contributed by atoms with E-state index in [-0.39, 0.29) is 18.4 Å². The van der Waals surface area contributed by atoms with E-state index in [0.29, 0.717) is 5.88 Å². The van der Waals surface area contributed by atoms with Gasteiger partial charge in [-0.2, -0.15) is 0 Å². The third-order valence-electron chi connectivity index (χ3n) is 3.12. The summed E-state index contributed by atoms with van der Waals surface area (Å²) in [4.78, 5) is 16.1. The van der Waals surface area contributed by atoms with E-state index in [1.807, 2.05) is 5.38 Å². The van der Waals surface area contributed by atoms with Crippen molar-refractivity contribution in [2.24, 2.45) is 0 Å². The van der Waals surface area contributed by atoms with Crippen molar-refractivity contribution in [1.82, 2.24) is 10.3 Å². The van der Waals surface area contributed by atoms with Crippen LogP contribution in [0.4, 0.5) is 0 Å². The van der Waals surface area contributed by atoms with Crippen molar-refractivity contribution in [3.8, 4) is 0 Å². The Bertz CT molecular complexity index is 411. The van der Waals surface area contributed by atoms with E-state index in [2.05, 4.69) is 10.3 Å². The SMILES string of the molecule is O=C(Cc1nc(CCl)cs1)NC1CCCCC1O. The standard InChI is InChI=1S/C12H17ClN2O2S/c13-6-8-7-18-12(14-8)5-11(17)15-9-3-1-2-4-10(9)16/h7,9-10,16H,1-6H2,(H,15,17). The van der Waals surface area contributed by atoms with Gasteiger partial charge in [-0.25, -0.2) is 4.98 Å². The second-order valence-corrected chi connectivity index (χ2v) is 5.78. The molecule has 1 aliphatic carbocycles. The Morgan fingerprint density at radius 3 is 3.00 bits per heavy atom. The molecule has 18 heavy (non-hydrogen) atoms. The largest absolute Gasteiger partial charge is 0.391 e. The second kappa shape index (κ2) is 6.50. The van der Waals surface area contributed by atoms with Crippen molar-refractivity contribution >= 4 is 28.8 Å². The highest BCUT2D eigenvalue weighted by molar-refractivity contribution is 7.09. The zero-order valence-electron chi connectivity index (χ0n) is 10.1.